The van der Waals surface area contributed by atoms with Crippen molar-refractivity contribution in [3.63, 3.8) is 0 Å². The van der Waals surface area contributed by atoms with Crippen LogP contribution in [0.15, 0.2) is 18.2 Å². The molecule has 6 nitrogen and oxygen atoms in total. The lowest BCUT2D eigenvalue weighted by Gasteiger charge is -2.22. The minimum atomic E-state index is -4.06. The van der Waals surface area contributed by atoms with Crippen LogP contribution >= 0.6 is 11.6 Å². The molecule has 0 bridgehead atoms. The molecule has 0 aliphatic rings. The second-order valence-corrected chi connectivity index (χ2v) is 6.50. The van der Waals surface area contributed by atoms with Gasteiger partial charge in [-0.15, -0.1) is 11.6 Å². The average molecular weight is 319 g/mol. The predicted octanol–water partition coefficient (Wildman–Crippen LogP) is 1.53. The van der Waals surface area contributed by atoms with Crippen LogP contribution in [0.5, 0.6) is 0 Å². The summed E-state index contributed by atoms with van der Waals surface area (Å²) in [5.41, 5.74) is 0.106. The van der Waals surface area contributed by atoms with E-state index in [2.05, 4.69) is 9.17 Å². The third-order valence-electron chi connectivity index (χ3n) is 3.00. The van der Waals surface area contributed by atoms with Gasteiger partial charge >= 0.3 is 10.3 Å². The minimum absolute atomic E-state index is 0.113. The average Bonchev–Trinajstić information content (AvgIpc) is 2.78. The highest BCUT2D eigenvalue weighted by Crippen LogP contribution is 2.30. The first-order valence-corrected chi connectivity index (χ1v) is 7.72. The summed E-state index contributed by atoms with van der Waals surface area (Å²) in [6.07, 6.45) is 0. The maximum atomic E-state index is 12.1. The summed E-state index contributed by atoms with van der Waals surface area (Å²) in [6.45, 7) is 3.23. The maximum absolute atomic E-state index is 12.1. The van der Waals surface area contributed by atoms with Crippen molar-refractivity contribution in [1.82, 2.24) is 8.96 Å². The van der Waals surface area contributed by atoms with Gasteiger partial charge in [0.15, 0.2) is 0 Å². The molecular formula is C12H15ClN2O4S. The van der Waals surface area contributed by atoms with Gasteiger partial charge in [0.2, 0.25) is 0 Å². The molecule has 0 amide bonds. The molecule has 0 fully saturated rings. The SMILES string of the molecule is COS(=O)(=O)n1c(C(C)(O)CCl)cc2nc(C)ccc21. The van der Waals surface area contributed by atoms with Crippen LogP contribution in [0.25, 0.3) is 11.0 Å². The van der Waals surface area contributed by atoms with Crippen molar-refractivity contribution in [2.24, 2.45) is 0 Å². The fourth-order valence-corrected chi connectivity index (χ4v) is 3.09. The first kappa shape index (κ1) is 15.2. The van der Waals surface area contributed by atoms with Gasteiger partial charge in [-0.1, -0.05) is 0 Å². The van der Waals surface area contributed by atoms with Crippen LogP contribution in [-0.2, 0) is 20.1 Å². The monoisotopic (exact) mass is 318 g/mol. The Kier molecular flexibility index (Phi) is 3.81. The molecule has 2 heterocycles. The van der Waals surface area contributed by atoms with Crippen molar-refractivity contribution in [1.29, 1.82) is 0 Å². The number of aryl methyl sites for hydroxylation is 1. The predicted molar refractivity (Wildman–Crippen MR) is 76.1 cm³/mol. The summed E-state index contributed by atoms with van der Waals surface area (Å²) < 4.78 is 29.7. The van der Waals surface area contributed by atoms with E-state index in [1.807, 2.05) is 0 Å². The molecule has 0 aliphatic carbocycles. The summed E-state index contributed by atoms with van der Waals surface area (Å²) in [4.78, 5) is 4.26. The Morgan fingerprint density at radius 3 is 2.70 bits per heavy atom. The number of fused-ring (bicyclic) bond motifs is 1. The highest BCUT2D eigenvalue weighted by atomic mass is 35.5. The second-order valence-electron chi connectivity index (χ2n) is 4.68. The number of aliphatic hydroxyl groups is 1. The molecule has 1 unspecified atom stereocenters. The van der Waals surface area contributed by atoms with Crippen molar-refractivity contribution in [3.05, 3.63) is 29.6 Å². The van der Waals surface area contributed by atoms with Gasteiger partial charge in [0.1, 0.15) is 5.60 Å². The molecular weight excluding hydrogens is 304 g/mol. The smallest absolute Gasteiger partial charge is 0.366 e. The van der Waals surface area contributed by atoms with E-state index in [0.717, 1.165) is 16.8 Å². The van der Waals surface area contributed by atoms with E-state index in [1.165, 1.54) is 13.0 Å². The summed E-state index contributed by atoms with van der Waals surface area (Å²) >= 11 is 5.73. The van der Waals surface area contributed by atoms with Gasteiger partial charge in [-0.3, -0.25) is 9.17 Å². The van der Waals surface area contributed by atoms with Crippen LogP contribution < -0.4 is 0 Å². The molecule has 2 aromatic heterocycles. The second kappa shape index (κ2) is 5.00. The van der Waals surface area contributed by atoms with Crippen molar-refractivity contribution in [2.45, 2.75) is 19.4 Å². The normalized spacial score (nSPS) is 15.4. The molecule has 0 saturated carbocycles. The number of hydrogen-bond acceptors (Lipinski definition) is 5. The summed E-state index contributed by atoms with van der Waals surface area (Å²) in [5.74, 6) is -0.165. The van der Waals surface area contributed by atoms with Crippen LogP contribution in [0.4, 0.5) is 0 Å². The summed E-state index contributed by atoms with van der Waals surface area (Å²) in [6, 6.07) is 4.80. The molecule has 0 aliphatic heterocycles. The molecule has 20 heavy (non-hydrogen) atoms. The van der Waals surface area contributed by atoms with E-state index in [4.69, 9.17) is 11.6 Å². The van der Waals surface area contributed by atoms with E-state index < -0.39 is 15.9 Å². The van der Waals surface area contributed by atoms with Gasteiger partial charge in [0, 0.05) is 5.69 Å². The van der Waals surface area contributed by atoms with E-state index in [-0.39, 0.29) is 11.6 Å². The first-order chi connectivity index (χ1) is 9.23. The number of hydrogen-bond donors (Lipinski definition) is 1. The highest BCUT2D eigenvalue weighted by Gasteiger charge is 2.32. The Balaban J connectivity index is 2.90. The zero-order valence-electron chi connectivity index (χ0n) is 11.3. The molecule has 1 atom stereocenters. The lowest BCUT2D eigenvalue weighted by molar-refractivity contribution is 0.0767. The highest BCUT2D eigenvalue weighted by molar-refractivity contribution is 7.85. The molecule has 0 radical (unpaired) electrons. The van der Waals surface area contributed by atoms with Crippen molar-refractivity contribution in [2.75, 3.05) is 13.0 Å². The number of aromatic nitrogens is 2. The topological polar surface area (TPSA) is 81.4 Å². The van der Waals surface area contributed by atoms with Gasteiger partial charge in [0.25, 0.3) is 0 Å². The number of halogens is 1. The Hall–Kier alpha value is -1.15. The largest absolute Gasteiger partial charge is 0.383 e. The standard InChI is InChI=1S/C12H15ClN2O4S/c1-8-4-5-10-9(14-8)6-11(12(2,16)7-13)15(10)20(17,18)19-3/h4-6,16H,7H2,1-3H3. The zero-order valence-corrected chi connectivity index (χ0v) is 12.9. The number of alkyl halides is 1. The van der Waals surface area contributed by atoms with E-state index in [0.29, 0.717) is 11.0 Å². The van der Waals surface area contributed by atoms with Crippen molar-refractivity contribution in [3.8, 4) is 0 Å². The molecule has 2 aromatic rings. The van der Waals surface area contributed by atoms with Gasteiger partial charge in [-0.05, 0) is 32.0 Å². The molecule has 8 heteroatoms. The quantitative estimate of drug-likeness (QED) is 0.865. The fraction of sp³-hybridized carbons (Fsp3) is 0.417. The lowest BCUT2D eigenvalue weighted by Crippen LogP contribution is -2.30. The molecule has 0 spiro atoms. The third kappa shape index (κ3) is 2.42. The fourth-order valence-electron chi connectivity index (χ4n) is 1.92. The number of pyridine rings is 1. The Morgan fingerprint density at radius 1 is 1.50 bits per heavy atom. The van der Waals surface area contributed by atoms with Crippen LogP contribution in [0.1, 0.15) is 18.3 Å². The Labute approximate surface area is 122 Å². The molecule has 0 aromatic carbocycles. The van der Waals surface area contributed by atoms with Crippen LogP contribution in [0.2, 0.25) is 0 Å². The van der Waals surface area contributed by atoms with Gasteiger partial charge in [-0.2, -0.15) is 8.42 Å². The van der Waals surface area contributed by atoms with Crippen molar-refractivity contribution < 1.29 is 17.7 Å². The van der Waals surface area contributed by atoms with Crippen LogP contribution in [-0.4, -0.2) is 35.5 Å². The molecule has 0 saturated heterocycles. The van der Waals surface area contributed by atoms with E-state index in [1.54, 1.807) is 19.1 Å². The third-order valence-corrected chi connectivity index (χ3v) is 4.78. The summed E-state index contributed by atoms with van der Waals surface area (Å²) in [5, 5.41) is 10.3. The Morgan fingerprint density at radius 2 is 2.15 bits per heavy atom. The Bertz CT molecular complexity index is 752. The summed E-state index contributed by atoms with van der Waals surface area (Å²) in [7, 11) is -3.00. The van der Waals surface area contributed by atoms with E-state index in [9.17, 15) is 13.5 Å². The van der Waals surface area contributed by atoms with E-state index >= 15 is 0 Å². The molecule has 1 N–H and O–H groups in total. The number of nitrogens with zero attached hydrogens (tertiary/aromatic N) is 2. The first-order valence-electron chi connectivity index (χ1n) is 5.82. The minimum Gasteiger partial charge on any atom is -0.383 e. The van der Waals surface area contributed by atoms with Crippen LogP contribution in [0.3, 0.4) is 0 Å². The van der Waals surface area contributed by atoms with Gasteiger partial charge in [0.05, 0.1) is 29.7 Å². The number of rotatable bonds is 4. The zero-order chi connectivity index (χ0) is 15.1. The van der Waals surface area contributed by atoms with Gasteiger partial charge < -0.3 is 5.11 Å². The maximum Gasteiger partial charge on any atom is 0.366 e. The molecule has 2 rings (SSSR count). The molecule has 110 valence electrons. The van der Waals surface area contributed by atoms with Gasteiger partial charge in [-0.25, -0.2) is 3.97 Å². The van der Waals surface area contributed by atoms with Crippen molar-refractivity contribution >= 4 is 32.9 Å². The van der Waals surface area contributed by atoms with Crippen LogP contribution in [0, 0.1) is 6.92 Å². The lowest BCUT2D eigenvalue weighted by atomic mass is 10.1.